The Morgan fingerprint density at radius 3 is 2.21 bits per heavy atom. The van der Waals surface area contributed by atoms with Gasteiger partial charge in [-0.15, -0.1) is 11.3 Å². The predicted molar refractivity (Wildman–Crippen MR) is 147 cm³/mol. The van der Waals surface area contributed by atoms with E-state index in [1.807, 2.05) is 0 Å². The van der Waals surface area contributed by atoms with Crippen LogP contribution in [0.3, 0.4) is 0 Å². The first kappa shape index (κ1) is 33.0. The molecule has 15 heteroatoms. The van der Waals surface area contributed by atoms with Gasteiger partial charge in [0, 0.05) is 37.2 Å². The molecule has 1 saturated heterocycles. The molecular weight excluding hydrogens is 602 g/mol. The number of rotatable bonds is 7. The average molecular weight is 637 g/mol. The zero-order chi connectivity index (χ0) is 31.6. The maximum absolute atomic E-state index is 13.8. The van der Waals surface area contributed by atoms with Crippen LogP contribution in [0.2, 0.25) is 0 Å². The molecule has 1 aliphatic heterocycles. The molecule has 43 heavy (non-hydrogen) atoms. The fraction of sp³-hybridized carbons (Fsp3) is 0.607. The molecule has 2 aromatic rings. The van der Waals surface area contributed by atoms with Crippen molar-refractivity contribution in [2.24, 2.45) is 0 Å². The van der Waals surface area contributed by atoms with E-state index < -0.39 is 53.0 Å². The van der Waals surface area contributed by atoms with Gasteiger partial charge in [-0.1, -0.05) is 0 Å². The van der Waals surface area contributed by atoms with Crippen LogP contribution in [0.4, 0.5) is 36.3 Å². The summed E-state index contributed by atoms with van der Waals surface area (Å²) in [5.74, 6) is -0.580. The molecule has 1 aliphatic carbocycles. The third-order valence-corrected chi connectivity index (χ3v) is 8.10. The molecule has 3 N–H and O–H groups in total. The smallest absolute Gasteiger partial charge is 0.416 e. The summed E-state index contributed by atoms with van der Waals surface area (Å²) in [6.45, 7) is 5.76. The van der Waals surface area contributed by atoms with Gasteiger partial charge in [0.05, 0.1) is 22.2 Å². The highest BCUT2D eigenvalue weighted by atomic mass is 32.1. The predicted octanol–water partition coefficient (Wildman–Crippen LogP) is 6.40. The van der Waals surface area contributed by atoms with E-state index >= 15 is 0 Å². The summed E-state index contributed by atoms with van der Waals surface area (Å²) in [6, 6.07) is 1.33. The van der Waals surface area contributed by atoms with Gasteiger partial charge in [-0.05, 0) is 76.6 Å². The number of aromatic nitrogens is 1. The number of amides is 2. The van der Waals surface area contributed by atoms with Gasteiger partial charge < -0.3 is 20.1 Å². The fourth-order valence-electron chi connectivity index (χ4n) is 5.36. The summed E-state index contributed by atoms with van der Waals surface area (Å²) in [5.41, 5.74) is -4.90. The lowest BCUT2D eigenvalue weighted by atomic mass is 9.81. The molecular formula is C28H34F6N4O4S. The molecule has 1 saturated carbocycles. The normalized spacial score (nSPS) is 21.9. The van der Waals surface area contributed by atoms with E-state index in [1.54, 1.807) is 26.2 Å². The van der Waals surface area contributed by atoms with Crippen LogP contribution in [0.15, 0.2) is 23.6 Å². The van der Waals surface area contributed by atoms with E-state index in [-0.39, 0.29) is 28.8 Å². The van der Waals surface area contributed by atoms with Crippen LogP contribution in [-0.4, -0.2) is 47.9 Å². The standard InChI is InChI=1S/C28H34F6N4O4S/c1-25(2,3)42-24(40)38-23-37-21(15-43-23)26(7-4-20(13-26)36-19-5-8-41-9-6-19)22(39)35-14-16-10-17(27(29,30)31)12-18(11-16)28(32,33)34/h10-12,15,19-20,36H,4-9,13-14H2,1-3H3,(H,35,39)(H,37,38,40). The molecule has 0 bridgehead atoms. The van der Waals surface area contributed by atoms with E-state index in [0.29, 0.717) is 50.3 Å². The van der Waals surface area contributed by atoms with Gasteiger partial charge in [0.25, 0.3) is 0 Å². The van der Waals surface area contributed by atoms with Crippen molar-refractivity contribution in [3.63, 3.8) is 0 Å². The van der Waals surface area contributed by atoms with Gasteiger partial charge in [-0.3, -0.25) is 10.1 Å². The summed E-state index contributed by atoms with van der Waals surface area (Å²) in [4.78, 5) is 30.6. The van der Waals surface area contributed by atoms with Crippen molar-refractivity contribution in [2.75, 3.05) is 18.5 Å². The number of nitrogens with one attached hydrogen (secondary N) is 3. The lowest BCUT2D eigenvalue weighted by molar-refractivity contribution is -0.143. The Kier molecular flexibility index (Phi) is 9.67. The molecule has 2 atom stereocenters. The van der Waals surface area contributed by atoms with E-state index in [9.17, 15) is 35.9 Å². The number of carbonyl (C=O) groups excluding carboxylic acids is 2. The topological polar surface area (TPSA) is 102 Å². The van der Waals surface area contributed by atoms with Crippen molar-refractivity contribution >= 4 is 28.5 Å². The summed E-state index contributed by atoms with van der Waals surface area (Å²) in [7, 11) is 0. The first-order chi connectivity index (χ1) is 19.9. The highest BCUT2D eigenvalue weighted by Crippen LogP contribution is 2.43. The number of alkyl halides is 6. The van der Waals surface area contributed by atoms with E-state index in [1.165, 1.54) is 0 Å². The van der Waals surface area contributed by atoms with Crippen LogP contribution < -0.4 is 16.0 Å². The lowest BCUT2D eigenvalue weighted by Gasteiger charge is -2.29. The van der Waals surface area contributed by atoms with E-state index in [4.69, 9.17) is 9.47 Å². The van der Waals surface area contributed by atoms with Crippen molar-refractivity contribution in [1.82, 2.24) is 15.6 Å². The minimum absolute atomic E-state index is 0.0465. The van der Waals surface area contributed by atoms with Crippen molar-refractivity contribution in [3.8, 4) is 0 Å². The summed E-state index contributed by atoms with van der Waals surface area (Å²) in [6.07, 6.45) is -7.95. The van der Waals surface area contributed by atoms with Crippen molar-refractivity contribution in [1.29, 1.82) is 0 Å². The number of halogens is 6. The number of thiazole rings is 1. The quantitative estimate of drug-likeness (QED) is 0.304. The Bertz CT molecular complexity index is 1270. The number of ether oxygens (including phenoxy) is 2. The molecule has 1 aromatic carbocycles. The Balaban J connectivity index is 1.57. The minimum atomic E-state index is -5.01. The summed E-state index contributed by atoms with van der Waals surface area (Å²) < 4.78 is 90.9. The highest BCUT2D eigenvalue weighted by molar-refractivity contribution is 7.14. The number of anilines is 1. The van der Waals surface area contributed by atoms with Gasteiger partial charge in [0.2, 0.25) is 5.91 Å². The maximum Gasteiger partial charge on any atom is 0.416 e. The lowest BCUT2D eigenvalue weighted by Crippen LogP contribution is -2.46. The van der Waals surface area contributed by atoms with Crippen LogP contribution in [-0.2, 0) is 38.6 Å². The van der Waals surface area contributed by atoms with Crippen molar-refractivity contribution in [3.05, 3.63) is 46.0 Å². The number of benzene rings is 1. The van der Waals surface area contributed by atoms with Crippen molar-refractivity contribution < 1.29 is 45.4 Å². The summed E-state index contributed by atoms with van der Waals surface area (Å²) >= 11 is 1.08. The van der Waals surface area contributed by atoms with Crippen LogP contribution in [0.25, 0.3) is 0 Å². The minimum Gasteiger partial charge on any atom is -0.444 e. The number of carbonyl (C=O) groups is 2. The molecule has 238 valence electrons. The first-order valence-corrected chi connectivity index (χ1v) is 14.7. The number of nitrogens with zero attached hydrogens (tertiary/aromatic N) is 1. The second-order valence-electron chi connectivity index (χ2n) is 11.8. The van der Waals surface area contributed by atoms with E-state index in [0.717, 1.165) is 24.2 Å². The molecule has 0 radical (unpaired) electrons. The second-order valence-corrected chi connectivity index (χ2v) is 12.7. The third kappa shape index (κ3) is 8.60. The third-order valence-electron chi connectivity index (χ3n) is 7.34. The Hall–Kier alpha value is -2.91. The molecule has 2 fully saturated rings. The molecule has 2 aliphatic rings. The van der Waals surface area contributed by atoms with Crippen LogP contribution in [0.1, 0.15) is 75.3 Å². The Labute approximate surface area is 248 Å². The van der Waals surface area contributed by atoms with Crippen molar-refractivity contribution in [2.45, 2.75) is 94.9 Å². The SMILES string of the molecule is CC(C)(C)OC(=O)Nc1nc(C2(C(=O)NCc3cc(C(F)(F)F)cc(C(F)(F)F)c3)CCC(NC3CCOCC3)C2)cs1. The largest absolute Gasteiger partial charge is 0.444 e. The Morgan fingerprint density at radius 1 is 1.00 bits per heavy atom. The van der Waals surface area contributed by atoms with Gasteiger partial charge in [0.1, 0.15) is 5.60 Å². The van der Waals surface area contributed by atoms with Gasteiger partial charge in [-0.25, -0.2) is 9.78 Å². The second kappa shape index (κ2) is 12.6. The van der Waals surface area contributed by atoms with Gasteiger partial charge >= 0.3 is 18.4 Å². The molecule has 2 heterocycles. The maximum atomic E-state index is 13.8. The molecule has 0 spiro atoms. The first-order valence-electron chi connectivity index (χ1n) is 13.8. The number of hydrogen-bond donors (Lipinski definition) is 3. The molecule has 8 nitrogen and oxygen atoms in total. The Morgan fingerprint density at radius 2 is 1.63 bits per heavy atom. The van der Waals surface area contributed by atoms with Crippen LogP contribution in [0.5, 0.6) is 0 Å². The molecule has 4 rings (SSSR count). The van der Waals surface area contributed by atoms with Crippen LogP contribution in [0, 0.1) is 0 Å². The van der Waals surface area contributed by atoms with Gasteiger partial charge in [0.15, 0.2) is 5.13 Å². The number of hydrogen-bond acceptors (Lipinski definition) is 7. The zero-order valence-electron chi connectivity index (χ0n) is 23.9. The molecule has 2 unspecified atom stereocenters. The average Bonchev–Trinajstić information content (AvgIpc) is 3.53. The molecule has 1 aromatic heterocycles. The van der Waals surface area contributed by atoms with Gasteiger partial charge in [-0.2, -0.15) is 26.3 Å². The van der Waals surface area contributed by atoms with Crippen LogP contribution >= 0.6 is 11.3 Å². The monoisotopic (exact) mass is 636 g/mol. The highest BCUT2D eigenvalue weighted by Gasteiger charge is 2.49. The van der Waals surface area contributed by atoms with E-state index in [2.05, 4.69) is 20.9 Å². The fourth-order valence-corrected chi connectivity index (χ4v) is 6.15. The molecule has 2 amide bonds. The zero-order valence-corrected chi connectivity index (χ0v) is 24.7. The summed E-state index contributed by atoms with van der Waals surface area (Å²) in [5, 5.41) is 10.5.